The van der Waals surface area contributed by atoms with E-state index in [1.165, 1.54) is 0 Å². The minimum absolute atomic E-state index is 0.175. The van der Waals surface area contributed by atoms with E-state index >= 15 is 0 Å². The lowest BCUT2D eigenvalue weighted by molar-refractivity contribution is 0.814. The summed E-state index contributed by atoms with van der Waals surface area (Å²) in [5.41, 5.74) is 5.48. The van der Waals surface area contributed by atoms with Gasteiger partial charge in [0.2, 0.25) is 0 Å². The lowest BCUT2D eigenvalue weighted by Crippen LogP contribution is -2.24. The Morgan fingerprint density at radius 1 is 0.694 bits per heavy atom. The standard InChI is InChI=1S/C30H21ClN4O/c31-25-15-11-24(12-16-25)29-33-28-27(34(20-32-28)19-21-7-3-1-4-8-21)30(36)35(29)26-17-13-23(14-18-26)22-9-5-2-6-10-22/h1-18,20H,19H2. The molecule has 0 amide bonds. The molecule has 0 N–H and O–H groups in total. The molecule has 4 aromatic carbocycles. The van der Waals surface area contributed by atoms with Gasteiger partial charge in [0.1, 0.15) is 5.82 Å². The van der Waals surface area contributed by atoms with Gasteiger partial charge in [0.25, 0.3) is 5.56 Å². The van der Waals surface area contributed by atoms with Gasteiger partial charge in [0.05, 0.1) is 12.0 Å². The highest BCUT2D eigenvalue weighted by molar-refractivity contribution is 6.30. The summed E-state index contributed by atoms with van der Waals surface area (Å²) in [5, 5.41) is 0.619. The van der Waals surface area contributed by atoms with Gasteiger partial charge in [0, 0.05) is 17.1 Å². The largest absolute Gasteiger partial charge is 0.320 e. The summed E-state index contributed by atoms with van der Waals surface area (Å²) in [6, 6.07) is 35.4. The Morgan fingerprint density at radius 2 is 1.31 bits per heavy atom. The van der Waals surface area contributed by atoms with Gasteiger partial charge in [-0.2, -0.15) is 0 Å². The van der Waals surface area contributed by atoms with Gasteiger partial charge >= 0.3 is 0 Å². The second-order valence-corrected chi connectivity index (χ2v) is 8.96. The summed E-state index contributed by atoms with van der Waals surface area (Å²) in [4.78, 5) is 23.4. The number of halogens is 1. The van der Waals surface area contributed by atoms with Gasteiger partial charge in [-0.25, -0.2) is 9.97 Å². The molecule has 36 heavy (non-hydrogen) atoms. The Morgan fingerprint density at radius 3 is 2.00 bits per heavy atom. The third-order valence-electron chi connectivity index (χ3n) is 6.18. The summed E-state index contributed by atoms with van der Waals surface area (Å²) in [6.45, 7) is 0.529. The Labute approximate surface area is 212 Å². The van der Waals surface area contributed by atoms with Gasteiger partial charge in [-0.3, -0.25) is 9.36 Å². The van der Waals surface area contributed by atoms with E-state index in [2.05, 4.69) is 17.1 Å². The van der Waals surface area contributed by atoms with Crippen LogP contribution in [-0.2, 0) is 6.54 Å². The molecule has 0 radical (unpaired) electrons. The highest BCUT2D eigenvalue weighted by Crippen LogP contribution is 2.26. The number of nitrogens with zero attached hydrogens (tertiary/aromatic N) is 4. The van der Waals surface area contributed by atoms with Crippen molar-refractivity contribution in [2.45, 2.75) is 6.54 Å². The van der Waals surface area contributed by atoms with Crippen LogP contribution < -0.4 is 5.56 Å². The molecule has 0 unspecified atom stereocenters. The zero-order valence-corrected chi connectivity index (χ0v) is 20.0. The highest BCUT2D eigenvalue weighted by atomic mass is 35.5. The van der Waals surface area contributed by atoms with Crippen LogP contribution in [0.2, 0.25) is 5.02 Å². The van der Waals surface area contributed by atoms with Crippen molar-refractivity contribution >= 4 is 22.8 Å². The van der Waals surface area contributed by atoms with Crippen LogP contribution in [0, 0.1) is 0 Å². The van der Waals surface area contributed by atoms with Crippen LogP contribution in [-0.4, -0.2) is 19.1 Å². The molecule has 6 aromatic rings. The molecule has 0 aliphatic rings. The van der Waals surface area contributed by atoms with Crippen LogP contribution in [0.25, 0.3) is 39.4 Å². The lowest BCUT2D eigenvalue weighted by atomic mass is 10.1. The van der Waals surface area contributed by atoms with Crippen LogP contribution in [0.15, 0.2) is 120 Å². The highest BCUT2D eigenvalue weighted by Gasteiger charge is 2.18. The first-order valence-electron chi connectivity index (χ1n) is 11.6. The first-order chi connectivity index (χ1) is 17.7. The first-order valence-corrected chi connectivity index (χ1v) is 12.0. The Kier molecular flexibility index (Phi) is 5.68. The van der Waals surface area contributed by atoms with E-state index in [-0.39, 0.29) is 5.56 Å². The maximum atomic E-state index is 14.1. The van der Waals surface area contributed by atoms with Gasteiger partial charge < -0.3 is 4.57 Å². The van der Waals surface area contributed by atoms with Crippen molar-refractivity contribution in [2.24, 2.45) is 0 Å². The summed E-state index contributed by atoms with van der Waals surface area (Å²) in [7, 11) is 0. The number of imidazole rings is 1. The molecular formula is C30H21ClN4O. The molecule has 6 heteroatoms. The average Bonchev–Trinajstić information content (AvgIpc) is 3.33. The quantitative estimate of drug-likeness (QED) is 0.274. The fourth-order valence-electron chi connectivity index (χ4n) is 4.39. The number of rotatable bonds is 5. The zero-order chi connectivity index (χ0) is 24.5. The van der Waals surface area contributed by atoms with Gasteiger partial charge in [-0.05, 0) is 53.1 Å². The third kappa shape index (κ3) is 4.10. The van der Waals surface area contributed by atoms with E-state index in [0.717, 1.165) is 27.9 Å². The first kappa shape index (κ1) is 22.0. The molecule has 174 valence electrons. The summed E-state index contributed by atoms with van der Waals surface area (Å²) in [5.74, 6) is 0.515. The van der Waals surface area contributed by atoms with E-state index in [0.29, 0.717) is 28.6 Å². The van der Waals surface area contributed by atoms with Crippen LogP contribution in [0.3, 0.4) is 0 Å². The summed E-state index contributed by atoms with van der Waals surface area (Å²) in [6.07, 6.45) is 1.68. The predicted molar refractivity (Wildman–Crippen MR) is 145 cm³/mol. The Balaban J connectivity index is 1.54. The second kappa shape index (κ2) is 9.29. The summed E-state index contributed by atoms with van der Waals surface area (Å²) < 4.78 is 3.52. The molecule has 6 rings (SSSR count). The van der Waals surface area contributed by atoms with Crippen molar-refractivity contribution < 1.29 is 0 Å². The molecular weight excluding hydrogens is 468 g/mol. The Bertz CT molecular complexity index is 1710. The van der Waals surface area contributed by atoms with Crippen molar-refractivity contribution in [3.63, 3.8) is 0 Å². The van der Waals surface area contributed by atoms with Crippen molar-refractivity contribution in [1.29, 1.82) is 0 Å². The molecule has 0 aliphatic carbocycles. The van der Waals surface area contributed by atoms with E-state index < -0.39 is 0 Å². The van der Waals surface area contributed by atoms with E-state index in [9.17, 15) is 4.79 Å². The molecule has 2 heterocycles. The topological polar surface area (TPSA) is 52.7 Å². The molecule has 0 saturated heterocycles. The molecule has 0 bridgehead atoms. The SMILES string of the molecule is O=c1c2c(ncn2Cc2ccccc2)nc(-c2ccc(Cl)cc2)n1-c1ccc(-c2ccccc2)cc1. The zero-order valence-electron chi connectivity index (χ0n) is 19.3. The minimum Gasteiger partial charge on any atom is -0.320 e. The lowest BCUT2D eigenvalue weighted by Gasteiger charge is -2.14. The van der Waals surface area contributed by atoms with Crippen molar-refractivity contribution in [3.8, 4) is 28.2 Å². The minimum atomic E-state index is -0.175. The fraction of sp³-hybridized carbons (Fsp3) is 0.0333. The number of benzene rings is 4. The maximum absolute atomic E-state index is 14.1. The third-order valence-corrected chi connectivity index (χ3v) is 6.43. The maximum Gasteiger partial charge on any atom is 0.284 e. The molecule has 0 fully saturated rings. The van der Waals surface area contributed by atoms with Crippen LogP contribution in [0.5, 0.6) is 0 Å². The normalized spacial score (nSPS) is 11.1. The number of hydrogen-bond donors (Lipinski definition) is 0. The molecule has 0 spiro atoms. The average molecular weight is 489 g/mol. The smallest absolute Gasteiger partial charge is 0.284 e. The van der Waals surface area contributed by atoms with Crippen molar-refractivity contribution in [2.75, 3.05) is 0 Å². The van der Waals surface area contributed by atoms with E-state index in [4.69, 9.17) is 16.6 Å². The number of hydrogen-bond acceptors (Lipinski definition) is 3. The van der Waals surface area contributed by atoms with Crippen LogP contribution in [0.1, 0.15) is 5.56 Å². The number of aromatic nitrogens is 4. The second-order valence-electron chi connectivity index (χ2n) is 8.53. The van der Waals surface area contributed by atoms with E-state index in [1.807, 2.05) is 89.5 Å². The van der Waals surface area contributed by atoms with Crippen LogP contribution >= 0.6 is 11.6 Å². The molecule has 2 aromatic heterocycles. The summed E-state index contributed by atoms with van der Waals surface area (Å²) >= 11 is 6.13. The number of fused-ring (bicyclic) bond motifs is 1. The van der Waals surface area contributed by atoms with Crippen molar-refractivity contribution in [3.05, 3.63) is 136 Å². The fourth-order valence-corrected chi connectivity index (χ4v) is 4.52. The van der Waals surface area contributed by atoms with E-state index in [1.54, 1.807) is 23.0 Å². The molecule has 0 atom stereocenters. The van der Waals surface area contributed by atoms with Gasteiger partial charge in [0.15, 0.2) is 11.2 Å². The van der Waals surface area contributed by atoms with Gasteiger partial charge in [-0.15, -0.1) is 0 Å². The predicted octanol–water partition coefficient (Wildman–Crippen LogP) is 6.62. The molecule has 0 aliphatic heterocycles. The van der Waals surface area contributed by atoms with Crippen LogP contribution in [0.4, 0.5) is 0 Å². The Hall–Kier alpha value is -4.48. The monoisotopic (exact) mass is 488 g/mol. The van der Waals surface area contributed by atoms with Gasteiger partial charge in [-0.1, -0.05) is 84.4 Å². The molecule has 5 nitrogen and oxygen atoms in total. The molecule has 0 saturated carbocycles. The van der Waals surface area contributed by atoms with Crippen molar-refractivity contribution in [1.82, 2.24) is 19.1 Å².